The number of hydrogen-bond acceptors (Lipinski definition) is 4. The van der Waals surface area contributed by atoms with Crippen LogP contribution in [0.15, 0.2) is 0 Å². The van der Waals surface area contributed by atoms with E-state index in [4.69, 9.17) is 11.5 Å². The molecule has 6 nitrogen and oxygen atoms in total. The highest BCUT2D eigenvalue weighted by atomic mass is 16.2. The monoisotopic (exact) mass is 244 g/mol. The second kappa shape index (κ2) is 8.95. The van der Waals surface area contributed by atoms with Gasteiger partial charge in [0.25, 0.3) is 0 Å². The first kappa shape index (κ1) is 15.9. The Labute approximate surface area is 103 Å². The van der Waals surface area contributed by atoms with Crippen molar-refractivity contribution in [2.45, 2.75) is 19.8 Å². The van der Waals surface area contributed by atoms with Crippen LogP contribution in [0.1, 0.15) is 19.8 Å². The van der Waals surface area contributed by atoms with Gasteiger partial charge in [0.1, 0.15) is 0 Å². The van der Waals surface area contributed by atoms with E-state index >= 15 is 0 Å². The minimum atomic E-state index is -0.365. The molecule has 0 aromatic heterocycles. The average molecular weight is 244 g/mol. The fourth-order valence-corrected chi connectivity index (χ4v) is 1.47. The molecule has 0 rings (SSSR count). The Kier molecular flexibility index (Phi) is 8.35. The van der Waals surface area contributed by atoms with Crippen LogP contribution in [0.25, 0.3) is 0 Å². The molecule has 17 heavy (non-hydrogen) atoms. The first-order valence-corrected chi connectivity index (χ1v) is 5.96. The van der Waals surface area contributed by atoms with Crippen molar-refractivity contribution in [1.29, 1.82) is 0 Å². The van der Waals surface area contributed by atoms with Crippen LogP contribution in [0.5, 0.6) is 0 Å². The maximum atomic E-state index is 11.7. The summed E-state index contributed by atoms with van der Waals surface area (Å²) in [6, 6.07) is 0. The lowest BCUT2D eigenvalue weighted by Gasteiger charge is -2.21. The highest BCUT2D eigenvalue weighted by molar-refractivity contribution is 5.77. The van der Waals surface area contributed by atoms with Gasteiger partial charge >= 0.3 is 0 Å². The van der Waals surface area contributed by atoms with Gasteiger partial charge in [-0.15, -0.1) is 0 Å². The number of likely N-dealkylation sites (N-methyl/N-ethyl adjacent to an activating group) is 1. The van der Waals surface area contributed by atoms with Gasteiger partial charge in [0.15, 0.2) is 0 Å². The second-order valence-electron chi connectivity index (χ2n) is 4.04. The van der Waals surface area contributed by atoms with Crippen molar-refractivity contribution < 1.29 is 9.59 Å². The molecule has 0 aliphatic carbocycles. The van der Waals surface area contributed by atoms with Crippen LogP contribution in [-0.2, 0) is 9.59 Å². The van der Waals surface area contributed by atoms with Crippen LogP contribution in [0.2, 0.25) is 0 Å². The number of amides is 2. The molecule has 6 heteroatoms. The number of primary amides is 1. The lowest BCUT2D eigenvalue weighted by molar-refractivity contribution is -0.130. The molecular formula is C11H24N4O2. The van der Waals surface area contributed by atoms with Gasteiger partial charge in [-0.3, -0.25) is 14.5 Å². The van der Waals surface area contributed by atoms with Crippen molar-refractivity contribution in [1.82, 2.24) is 9.80 Å². The average Bonchev–Trinajstić information content (AvgIpc) is 2.30. The smallest absolute Gasteiger partial charge is 0.231 e. The Morgan fingerprint density at radius 2 is 1.88 bits per heavy atom. The van der Waals surface area contributed by atoms with Gasteiger partial charge < -0.3 is 16.4 Å². The predicted octanol–water partition coefficient (Wildman–Crippen LogP) is -1.01. The molecule has 0 atom stereocenters. The van der Waals surface area contributed by atoms with Crippen LogP contribution in [0.3, 0.4) is 0 Å². The third-order valence-corrected chi connectivity index (χ3v) is 2.59. The standard InChI is InChI=1S/C11H24N4O2/c1-3-15(9-10(13)16)8-5-11(17)14(2)7-4-6-12/h3-9,12H2,1-2H3,(H2,13,16). The lowest BCUT2D eigenvalue weighted by Crippen LogP contribution is -2.37. The minimum absolute atomic E-state index is 0.0707. The quantitative estimate of drug-likeness (QED) is 0.543. The normalized spacial score (nSPS) is 10.6. The Hall–Kier alpha value is -1.14. The summed E-state index contributed by atoms with van der Waals surface area (Å²) in [5, 5.41) is 0. The van der Waals surface area contributed by atoms with Crippen LogP contribution in [0.4, 0.5) is 0 Å². The van der Waals surface area contributed by atoms with E-state index in [1.165, 1.54) is 0 Å². The van der Waals surface area contributed by atoms with Crippen LogP contribution < -0.4 is 11.5 Å². The largest absolute Gasteiger partial charge is 0.369 e. The molecule has 0 fully saturated rings. The Morgan fingerprint density at radius 3 is 2.35 bits per heavy atom. The molecule has 4 N–H and O–H groups in total. The SMILES string of the molecule is CCN(CCC(=O)N(C)CCCN)CC(N)=O. The topological polar surface area (TPSA) is 92.7 Å². The van der Waals surface area contributed by atoms with Crippen molar-refractivity contribution in [3.63, 3.8) is 0 Å². The molecule has 100 valence electrons. The third-order valence-electron chi connectivity index (χ3n) is 2.59. The number of nitrogens with zero attached hydrogens (tertiary/aromatic N) is 2. The maximum Gasteiger partial charge on any atom is 0.231 e. The zero-order chi connectivity index (χ0) is 13.3. The molecule has 2 amide bonds. The highest BCUT2D eigenvalue weighted by Crippen LogP contribution is 1.96. The molecule has 0 aliphatic heterocycles. The van der Waals surface area contributed by atoms with Crippen molar-refractivity contribution in [3.05, 3.63) is 0 Å². The molecule has 0 spiro atoms. The van der Waals surface area contributed by atoms with Crippen LogP contribution >= 0.6 is 0 Å². The third kappa shape index (κ3) is 7.70. The zero-order valence-corrected chi connectivity index (χ0v) is 10.8. The molecule has 0 aliphatic rings. The summed E-state index contributed by atoms with van der Waals surface area (Å²) in [5.41, 5.74) is 10.5. The second-order valence-corrected chi connectivity index (χ2v) is 4.04. The summed E-state index contributed by atoms with van der Waals surface area (Å²) in [5.74, 6) is -0.294. The lowest BCUT2D eigenvalue weighted by atomic mass is 10.3. The molecule has 0 bridgehead atoms. The van der Waals surface area contributed by atoms with E-state index in [1.54, 1.807) is 11.9 Å². The number of carbonyl (C=O) groups excluding carboxylic acids is 2. The van der Waals surface area contributed by atoms with Gasteiger partial charge in [-0.2, -0.15) is 0 Å². The van der Waals surface area contributed by atoms with E-state index in [9.17, 15) is 9.59 Å². The van der Waals surface area contributed by atoms with Crippen molar-refractivity contribution in [2.24, 2.45) is 11.5 Å². The molecule has 0 unspecified atom stereocenters. The van der Waals surface area contributed by atoms with Crippen molar-refractivity contribution in [3.8, 4) is 0 Å². The minimum Gasteiger partial charge on any atom is -0.369 e. The van der Waals surface area contributed by atoms with Crippen LogP contribution in [-0.4, -0.2) is 61.4 Å². The molecular weight excluding hydrogens is 220 g/mol. The Balaban J connectivity index is 3.90. The summed E-state index contributed by atoms with van der Waals surface area (Å²) < 4.78 is 0. The first-order valence-electron chi connectivity index (χ1n) is 5.96. The van der Waals surface area contributed by atoms with Gasteiger partial charge in [0, 0.05) is 26.6 Å². The highest BCUT2D eigenvalue weighted by Gasteiger charge is 2.11. The molecule has 0 saturated heterocycles. The van der Waals surface area contributed by atoms with Crippen LogP contribution in [0, 0.1) is 0 Å². The predicted molar refractivity (Wildman–Crippen MR) is 67.2 cm³/mol. The van der Waals surface area contributed by atoms with Crippen molar-refractivity contribution >= 4 is 11.8 Å². The molecule has 0 radical (unpaired) electrons. The fraction of sp³-hybridized carbons (Fsp3) is 0.818. The maximum absolute atomic E-state index is 11.7. The van der Waals surface area contributed by atoms with E-state index in [0.717, 1.165) is 6.42 Å². The van der Waals surface area contributed by atoms with E-state index in [1.807, 2.05) is 11.8 Å². The van der Waals surface area contributed by atoms with Crippen molar-refractivity contribution in [2.75, 3.05) is 39.8 Å². The summed E-state index contributed by atoms with van der Waals surface area (Å²) in [6.07, 6.45) is 1.21. The summed E-state index contributed by atoms with van der Waals surface area (Å²) >= 11 is 0. The van der Waals surface area contributed by atoms with Gasteiger partial charge in [-0.05, 0) is 19.5 Å². The molecule has 0 heterocycles. The van der Waals surface area contributed by atoms with Gasteiger partial charge in [0.05, 0.1) is 6.54 Å². The summed E-state index contributed by atoms with van der Waals surface area (Å²) in [7, 11) is 1.77. The number of carbonyl (C=O) groups is 2. The Morgan fingerprint density at radius 1 is 1.24 bits per heavy atom. The number of hydrogen-bond donors (Lipinski definition) is 2. The zero-order valence-electron chi connectivity index (χ0n) is 10.8. The molecule has 0 saturated carbocycles. The molecule has 0 aromatic carbocycles. The van der Waals surface area contributed by atoms with Gasteiger partial charge in [-0.25, -0.2) is 0 Å². The van der Waals surface area contributed by atoms with E-state index in [-0.39, 0.29) is 18.4 Å². The summed E-state index contributed by atoms with van der Waals surface area (Å²) in [6.45, 7) is 4.67. The summed E-state index contributed by atoms with van der Waals surface area (Å²) in [4.78, 5) is 26.0. The number of rotatable bonds is 9. The van der Waals surface area contributed by atoms with Gasteiger partial charge in [0.2, 0.25) is 11.8 Å². The first-order chi connectivity index (χ1) is 8.01. The Bertz CT molecular complexity index is 246. The van der Waals surface area contributed by atoms with E-state index in [0.29, 0.717) is 32.6 Å². The van der Waals surface area contributed by atoms with Gasteiger partial charge in [-0.1, -0.05) is 6.92 Å². The number of nitrogens with two attached hydrogens (primary N) is 2. The van der Waals surface area contributed by atoms with E-state index in [2.05, 4.69) is 0 Å². The molecule has 0 aromatic rings. The fourth-order valence-electron chi connectivity index (χ4n) is 1.47. The van der Waals surface area contributed by atoms with E-state index < -0.39 is 0 Å².